The summed E-state index contributed by atoms with van der Waals surface area (Å²) in [6.07, 6.45) is 6.04. The molecule has 2 aromatic heterocycles. The summed E-state index contributed by atoms with van der Waals surface area (Å²) in [5.74, 6) is -1.44. The molecule has 2 aromatic carbocycles. The number of amides is 2. The molecule has 0 radical (unpaired) electrons. The monoisotopic (exact) mass is 1030 g/mol. The van der Waals surface area contributed by atoms with E-state index >= 15 is 0 Å². The predicted octanol–water partition coefficient (Wildman–Crippen LogP) is 6.39. The van der Waals surface area contributed by atoms with Crippen LogP contribution in [0.2, 0.25) is 0 Å². The number of hydrogen-bond acceptors (Lipinski definition) is 10. The predicted molar refractivity (Wildman–Crippen MR) is 251 cm³/mol. The van der Waals surface area contributed by atoms with Crippen LogP contribution in [0.25, 0.3) is 11.4 Å². The first-order valence-corrected chi connectivity index (χ1v) is 23.3. The van der Waals surface area contributed by atoms with Crippen LogP contribution in [0.3, 0.4) is 0 Å². The van der Waals surface area contributed by atoms with Gasteiger partial charge < -0.3 is 29.5 Å². The Hall–Kier alpha value is -6.02. The van der Waals surface area contributed by atoms with Crippen LogP contribution in [0.15, 0.2) is 53.0 Å². The number of ether oxygens (including phenoxy) is 2. The van der Waals surface area contributed by atoms with Crippen molar-refractivity contribution in [1.82, 2.24) is 29.4 Å². The molecule has 4 heterocycles. The highest BCUT2D eigenvalue weighted by Gasteiger charge is 2.79. The SMILES string of the molecule is C.C#C[C@]1(O)CCN(C)C1=O.CCOC(=O)c1nn(-c2cccc(Br)c2)c2c1CC1C(F)(F)C1(C)C2.CCOC(=O)c1nn(-c2cccc(C#C[C@]3(O)CCN(C)C3=O)c2)c2c1CC1C(F)(F)C1(C)C2. The van der Waals surface area contributed by atoms with E-state index in [1.807, 2.05) is 24.3 Å². The van der Waals surface area contributed by atoms with E-state index < -0.39 is 63.6 Å². The zero-order valence-corrected chi connectivity index (χ0v) is 40.4. The summed E-state index contributed by atoms with van der Waals surface area (Å²) in [5, 5.41) is 28.8. The average Bonchev–Trinajstić information content (AvgIpc) is 3.65. The zero-order valence-electron chi connectivity index (χ0n) is 38.8. The number of halogens is 5. The van der Waals surface area contributed by atoms with Gasteiger partial charge in [0, 0.05) is 108 Å². The van der Waals surface area contributed by atoms with Gasteiger partial charge in [-0.25, -0.2) is 36.5 Å². The van der Waals surface area contributed by atoms with Crippen LogP contribution in [0.1, 0.15) is 97.0 Å². The highest BCUT2D eigenvalue weighted by molar-refractivity contribution is 9.10. The van der Waals surface area contributed by atoms with Gasteiger partial charge in [-0.2, -0.15) is 10.2 Å². The lowest BCUT2D eigenvalue weighted by Gasteiger charge is -2.18. The number of benzene rings is 2. The molecule has 4 aromatic rings. The van der Waals surface area contributed by atoms with Crippen LogP contribution in [0.5, 0.6) is 0 Å². The lowest BCUT2D eigenvalue weighted by molar-refractivity contribution is -0.138. The summed E-state index contributed by atoms with van der Waals surface area (Å²) in [4.78, 5) is 50.9. The molecule has 2 N–H and O–H groups in total. The van der Waals surface area contributed by atoms with E-state index in [9.17, 15) is 47.0 Å². The number of terminal acetylenes is 1. The molecule has 10 rings (SSSR count). The Morgan fingerprint density at radius 3 is 1.61 bits per heavy atom. The fraction of sp³-hybridized carbons (Fsp3) is 0.490. The Morgan fingerprint density at radius 1 is 0.771 bits per heavy atom. The fourth-order valence-electron chi connectivity index (χ4n) is 10.0. The second-order valence-electron chi connectivity index (χ2n) is 18.9. The second kappa shape index (κ2) is 18.3. The van der Waals surface area contributed by atoms with E-state index in [4.69, 9.17) is 15.9 Å². The number of fused-ring (bicyclic) bond motifs is 4. The summed E-state index contributed by atoms with van der Waals surface area (Å²) >= 11 is 3.41. The van der Waals surface area contributed by atoms with Crippen molar-refractivity contribution >= 4 is 39.7 Å². The summed E-state index contributed by atoms with van der Waals surface area (Å²) in [5.41, 5.74) is -1.12. The van der Waals surface area contributed by atoms with Crippen molar-refractivity contribution in [2.75, 3.05) is 40.4 Å². The number of likely N-dealkylation sites (N-methyl/N-ethyl adjacent to an activating group) is 2. The minimum absolute atomic E-state index is 0. The maximum absolute atomic E-state index is 14.5. The molecule has 14 nitrogen and oxygen atoms in total. The van der Waals surface area contributed by atoms with Crippen LogP contribution in [-0.4, -0.2) is 127 Å². The van der Waals surface area contributed by atoms with Crippen molar-refractivity contribution in [2.45, 2.75) is 96.7 Å². The number of carbonyl (C=O) groups is 4. The first-order valence-electron chi connectivity index (χ1n) is 22.6. The van der Waals surface area contributed by atoms with Crippen molar-refractivity contribution in [2.24, 2.45) is 22.7 Å². The fourth-order valence-corrected chi connectivity index (χ4v) is 10.4. The van der Waals surface area contributed by atoms with Crippen LogP contribution in [-0.2, 0) is 44.7 Å². The van der Waals surface area contributed by atoms with Crippen molar-refractivity contribution in [3.05, 3.63) is 92.5 Å². The molecule has 4 aliphatic carbocycles. The Bertz CT molecular complexity index is 2900. The van der Waals surface area contributed by atoms with Gasteiger partial charge in [0.2, 0.25) is 11.2 Å². The largest absolute Gasteiger partial charge is 0.461 e. The van der Waals surface area contributed by atoms with E-state index in [1.54, 1.807) is 70.7 Å². The third-order valence-electron chi connectivity index (χ3n) is 14.6. The van der Waals surface area contributed by atoms with Crippen LogP contribution >= 0.6 is 15.9 Å². The Balaban J connectivity index is 0.000000175. The molecular formula is C51H55BrF4N6O8. The zero-order chi connectivity index (χ0) is 50.2. The normalized spacial score (nSPS) is 27.8. The number of nitrogens with zero attached hydrogens (tertiary/aromatic N) is 6. The number of aliphatic hydroxyl groups is 2. The quantitative estimate of drug-likeness (QED) is 0.125. The first-order chi connectivity index (χ1) is 32.4. The number of alkyl halides is 4. The number of esters is 2. The number of rotatable bonds is 6. The molecule has 0 bridgehead atoms. The molecule has 4 unspecified atom stereocenters. The molecule has 6 aliphatic rings. The lowest BCUT2D eigenvalue weighted by Crippen LogP contribution is -2.37. The van der Waals surface area contributed by atoms with E-state index in [1.165, 1.54) is 14.5 Å². The maximum Gasteiger partial charge on any atom is 0.359 e. The van der Waals surface area contributed by atoms with Crippen LogP contribution in [0.4, 0.5) is 17.6 Å². The molecule has 2 saturated heterocycles. The highest BCUT2D eigenvalue weighted by atomic mass is 79.9. The molecule has 4 fully saturated rings. The third kappa shape index (κ3) is 8.47. The van der Waals surface area contributed by atoms with E-state index in [-0.39, 0.29) is 70.0 Å². The van der Waals surface area contributed by atoms with Crippen LogP contribution < -0.4 is 0 Å². The summed E-state index contributed by atoms with van der Waals surface area (Å²) in [6, 6.07) is 14.3. The molecular weight excluding hydrogens is 980 g/mol. The summed E-state index contributed by atoms with van der Waals surface area (Å²) < 4.78 is 71.8. The Labute approximate surface area is 411 Å². The van der Waals surface area contributed by atoms with Gasteiger partial charge in [0.25, 0.3) is 23.7 Å². The topological polar surface area (TPSA) is 169 Å². The van der Waals surface area contributed by atoms with Crippen molar-refractivity contribution in [3.8, 4) is 35.6 Å². The van der Waals surface area contributed by atoms with Crippen LogP contribution in [0, 0.1) is 46.9 Å². The minimum Gasteiger partial charge on any atom is -0.461 e. The number of carbonyl (C=O) groups excluding carboxylic acids is 4. The van der Waals surface area contributed by atoms with Crippen molar-refractivity contribution < 1.29 is 56.4 Å². The Kier molecular flexibility index (Phi) is 13.5. The first kappa shape index (κ1) is 51.8. The maximum atomic E-state index is 14.5. The van der Waals surface area contributed by atoms with Gasteiger partial charge in [-0.15, -0.1) is 6.42 Å². The number of aromatic nitrogens is 4. The van der Waals surface area contributed by atoms with Gasteiger partial charge >= 0.3 is 11.9 Å². The van der Waals surface area contributed by atoms with Gasteiger partial charge in [0.05, 0.1) is 24.6 Å². The van der Waals surface area contributed by atoms with Gasteiger partial charge in [0.15, 0.2) is 11.4 Å². The minimum atomic E-state index is -2.80. The Morgan fingerprint density at radius 2 is 1.21 bits per heavy atom. The van der Waals surface area contributed by atoms with E-state index in [0.717, 1.165) is 10.2 Å². The molecule has 19 heteroatoms. The van der Waals surface area contributed by atoms with Gasteiger partial charge in [-0.1, -0.05) is 67.1 Å². The number of hydrogen-bond donors (Lipinski definition) is 2. The number of likely N-dealkylation sites (tertiary alicyclic amines) is 2. The van der Waals surface area contributed by atoms with E-state index in [0.29, 0.717) is 53.3 Å². The second-order valence-corrected chi connectivity index (χ2v) is 19.8. The van der Waals surface area contributed by atoms with Crippen molar-refractivity contribution in [1.29, 1.82) is 0 Å². The smallest absolute Gasteiger partial charge is 0.359 e. The van der Waals surface area contributed by atoms with Gasteiger partial charge in [-0.05, 0) is 63.1 Å². The molecule has 6 atom stereocenters. The molecule has 0 spiro atoms. The van der Waals surface area contributed by atoms with Gasteiger partial charge in [0.1, 0.15) is 0 Å². The molecule has 2 saturated carbocycles. The molecule has 2 amide bonds. The summed E-state index contributed by atoms with van der Waals surface area (Å²) in [7, 11) is 3.23. The molecule has 372 valence electrons. The van der Waals surface area contributed by atoms with Crippen molar-refractivity contribution in [3.63, 3.8) is 0 Å². The molecule has 70 heavy (non-hydrogen) atoms. The van der Waals surface area contributed by atoms with E-state index in [2.05, 4.69) is 43.9 Å². The highest BCUT2D eigenvalue weighted by Crippen LogP contribution is 2.71. The average molecular weight is 1040 g/mol. The summed E-state index contributed by atoms with van der Waals surface area (Å²) in [6.45, 7) is 7.90. The lowest BCUT2D eigenvalue weighted by atomic mass is 9.87. The third-order valence-corrected chi connectivity index (χ3v) is 15.1. The molecule has 2 aliphatic heterocycles. The van der Waals surface area contributed by atoms with Gasteiger partial charge in [-0.3, -0.25) is 9.59 Å². The standard InChI is InChI=1S/C25H25F2N3O4.C18H17BrF2N2O2.C7H9NO2.CH4/c1-4-34-21(31)20-17-13-19-23(2,25(19,26)27)14-18(17)30(28-20)16-7-5-6-15(12-16)8-9-24(33)10-11-29(3)22(24)32;1-3-25-16(24)15-12-8-14-17(2,18(14,20)21)9-13(12)23(22-15)11-6-4-5-10(19)7-11;1-3-7(10)4-5-8(2)6(7)9;/h5-7,12,19,33H,4,10-11,13-14H2,1-3H3;4-7,14H,3,8-9H2,1-2H3;1,10H,4-5H2,2H3;1H4/t19?,23?,24-;;7-;/m0.0./s1.